The minimum absolute atomic E-state index is 0.0168. The SMILES string of the molecule is CC(C)C(Cc1cccc(F)c1Cl)C(=O)O. The van der Waals surface area contributed by atoms with Gasteiger partial charge in [0.1, 0.15) is 5.82 Å². The molecule has 1 N–H and O–H groups in total. The molecule has 0 aliphatic carbocycles. The highest BCUT2D eigenvalue weighted by atomic mass is 35.5. The van der Waals surface area contributed by atoms with Gasteiger partial charge in [-0.1, -0.05) is 37.6 Å². The quantitative estimate of drug-likeness (QED) is 0.882. The second-order valence-corrected chi connectivity index (χ2v) is 4.48. The van der Waals surface area contributed by atoms with E-state index < -0.39 is 17.7 Å². The molecule has 0 heterocycles. The third-order valence-corrected chi connectivity index (χ3v) is 3.02. The molecule has 0 aromatic heterocycles. The van der Waals surface area contributed by atoms with Crippen molar-refractivity contribution in [3.63, 3.8) is 0 Å². The summed E-state index contributed by atoms with van der Waals surface area (Å²) < 4.78 is 13.2. The van der Waals surface area contributed by atoms with Gasteiger partial charge in [-0.15, -0.1) is 0 Å². The minimum atomic E-state index is -0.879. The zero-order valence-electron chi connectivity index (χ0n) is 9.21. The zero-order valence-corrected chi connectivity index (χ0v) is 9.96. The van der Waals surface area contributed by atoms with E-state index in [0.29, 0.717) is 5.56 Å². The molecule has 1 unspecified atom stereocenters. The van der Waals surface area contributed by atoms with Gasteiger partial charge >= 0.3 is 5.97 Å². The maximum absolute atomic E-state index is 13.2. The molecule has 88 valence electrons. The predicted molar refractivity (Wildman–Crippen MR) is 61.1 cm³/mol. The Morgan fingerprint density at radius 1 is 1.50 bits per heavy atom. The number of hydrogen-bond donors (Lipinski definition) is 1. The summed E-state index contributed by atoms with van der Waals surface area (Å²) in [5, 5.41) is 9.05. The van der Waals surface area contributed by atoms with Gasteiger partial charge in [0, 0.05) is 0 Å². The Balaban J connectivity index is 2.94. The molecule has 0 saturated carbocycles. The van der Waals surface area contributed by atoms with Crippen LogP contribution in [0.3, 0.4) is 0 Å². The van der Waals surface area contributed by atoms with E-state index in [-0.39, 0.29) is 17.4 Å². The summed E-state index contributed by atoms with van der Waals surface area (Å²) >= 11 is 5.78. The molecule has 0 aliphatic heterocycles. The normalized spacial score (nSPS) is 12.8. The molecule has 16 heavy (non-hydrogen) atoms. The highest BCUT2D eigenvalue weighted by Gasteiger charge is 2.23. The van der Waals surface area contributed by atoms with Crippen molar-refractivity contribution in [1.82, 2.24) is 0 Å². The summed E-state index contributed by atoms with van der Waals surface area (Å²) in [6, 6.07) is 4.45. The van der Waals surface area contributed by atoms with Gasteiger partial charge in [-0.05, 0) is 24.0 Å². The average molecular weight is 245 g/mol. The van der Waals surface area contributed by atoms with Crippen LogP contribution in [0.5, 0.6) is 0 Å². The summed E-state index contributed by atoms with van der Waals surface area (Å²) in [5.41, 5.74) is 0.544. The van der Waals surface area contributed by atoms with E-state index in [9.17, 15) is 9.18 Å². The highest BCUT2D eigenvalue weighted by molar-refractivity contribution is 6.31. The molecular weight excluding hydrogens is 231 g/mol. The van der Waals surface area contributed by atoms with Crippen molar-refractivity contribution in [2.45, 2.75) is 20.3 Å². The Bertz CT molecular complexity index is 391. The Hall–Kier alpha value is -1.09. The van der Waals surface area contributed by atoms with Crippen molar-refractivity contribution < 1.29 is 14.3 Å². The number of hydrogen-bond acceptors (Lipinski definition) is 1. The molecule has 1 aromatic carbocycles. The molecule has 0 bridgehead atoms. The predicted octanol–water partition coefficient (Wildman–Crippen LogP) is 3.38. The summed E-state index contributed by atoms with van der Waals surface area (Å²) in [7, 11) is 0. The summed E-state index contributed by atoms with van der Waals surface area (Å²) in [6.45, 7) is 3.65. The van der Waals surface area contributed by atoms with E-state index in [0.717, 1.165) is 0 Å². The molecule has 0 saturated heterocycles. The van der Waals surface area contributed by atoms with E-state index in [1.807, 2.05) is 13.8 Å². The second kappa shape index (κ2) is 5.30. The van der Waals surface area contributed by atoms with Crippen LogP contribution in [0.15, 0.2) is 18.2 Å². The van der Waals surface area contributed by atoms with Crippen LogP contribution in [0.1, 0.15) is 19.4 Å². The third kappa shape index (κ3) is 2.95. The first-order valence-electron chi connectivity index (χ1n) is 5.09. The van der Waals surface area contributed by atoms with E-state index in [2.05, 4.69) is 0 Å². The Morgan fingerprint density at radius 3 is 2.62 bits per heavy atom. The molecule has 0 fully saturated rings. The summed E-state index contributed by atoms with van der Waals surface area (Å²) in [6.07, 6.45) is 0.254. The molecule has 1 rings (SSSR count). The van der Waals surface area contributed by atoms with Gasteiger partial charge in [0.2, 0.25) is 0 Å². The van der Waals surface area contributed by atoms with Crippen LogP contribution in [0.2, 0.25) is 5.02 Å². The number of aliphatic carboxylic acids is 1. The first-order valence-corrected chi connectivity index (χ1v) is 5.47. The van der Waals surface area contributed by atoms with Crippen LogP contribution in [-0.2, 0) is 11.2 Å². The fraction of sp³-hybridized carbons (Fsp3) is 0.417. The van der Waals surface area contributed by atoms with Crippen molar-refractivity contribution in [2.75, 3.05) is 0 Å². The number of halogens is 2. The van der Waals surface area contributed by atoms with Gasteiger partial charge in [-0.3, -0.25) is 4.79 Å². The van der Waals surface area contributed by atoms with Crippen molar-refractivity contribution in [3.05, 3.63) is 34.6 Å². The van der Waals surface area contributed by atoms with E-state index in [4.69, 9.17) is 16.7 Å². The van der Waals surface area contributed by atoms with Crippen LogP contribution in [0.25, 0.3) is 0 Å². The molecular formula is C12H14ClFO2. The van der Waals surface area contributed by atoms with Crippen LogP contribution in [-0.4, -0.2) is 11.1 Å². The summed E-state index contributed by atoms with van der Waals surface area (Å²) in [4.78, 5) is 11.0. The fourth-order valence-corrected chi connectivity index (χ4v) is 1.75. The molecule has 0 radical (unpaired) electrons. The first kappa shape index (κ1) is 13.0. The smallest absolute Gasteiger partial charge is 0.307 e. The lowest BCUT2D eigenvalue weighted by Gasteiger charge is -2.16. The number of rotatable bonds is 4. The number of benzene rings is 1. The topological polar surface area (TPSA) is 37.3 Å². The van der Waals surface area contributed by atoms with Crippen LogP contribution >= 0.6 is 11.6 Å². The Kier molecular flexibility index (Phi) is 4.30. The average Bonchev–Trinajstić information content (AvgIpc) is 2.19. The zero-order chi connectivity index (χ0) is 12.3. The van der Waals surface area contributed by atoms with E-state index in [1.54, 1.807) is 6.07 Å². The van der Waals surface area contributed by atoms with Gasteiger partial charge in [0.05, 0.1) is 10.9 Å². The Labute approximate surface area is 99.0 Å². The highest BCUT2D eigenvalue weighted by Crippen LogP contribution is 2.25. The lowest BCUT2D eigenvalue weighted by atomic mass is 9.89. The van der Waals surface area contributed by atoms with E-state index in [1.165, 1.54) is 12.1 Å². The molecule has 0 amide bonds. The number of carboxylic acids is 1. The van der Waals surface area contributed by atoms with Crippen LogP contribution in [0, 0.1) is 17.7 Å². The second-order valence-electron chi connectivity index (χ2n) is 4.11. The van der Waals surface area contributed by atoms with Crippen molar-refractivity contribution in [1.29, 1.82) is 0 Å². The molecule has 1 atom stereocenters. The molecule has 4 heteroatoms. The maximum Gasteiger partial charge on any atom is 0.307 e. The lowest BCUT2D eigenvalue weighted by molar-refractivity contribution is -0.143. The van der Waals surface area contributed by atoms with Gasteiger partial charge in [-0.2, -0.15) is 0 Å². The number of carbonyl (C=O) groups is 1. The Morgan fingerprint density at radius 2 is 2.12 bits per heavy atom. The van der Waals surface area contributed by atoms with Crippen LogP contribution in [0.4, 0.5) is 4.39 Å². The van der Waals surface area contributed by atoms with Gasteiger partial charge in [0.25, 0.3) is 0 Å². The van der Waals surface area contributed by atoms with Crippen molar-refractivity contribution >= 4 is 17.6 Å². The molecule has 0 spiro atoms. The van der Waals surface area contributed by atoms with Gasteiger partial charge in [0.15, 0.2) is 0 Å². The van der Waals surface area contributed by atoms with Crippen molar-refractivity contribution in [3.8, 4) is 0 Å². The standard InChI is InChI=1S/C12H14ClFO2/c1-7(2)9(12(15)16)6-8-4-3-5-10(14)11(8)13/h3-5,7,9H,6H2,1-2H3,(H,15,16). The number of carboxylic acid groups (broad SMARTS) is 1. The summed E-state index contributed by atoms with van der Waals surface area (Å²) in [5.74, 6) is -1.95. The lowest BCUT2D eigenvalue weighted by Crippen LogP contribution is -2.22. The first-order chi connectivity index (χ1) is 7.43. The monoisotopic (exact) mass is 244 g/mol. The molecule has 0 aliphatic rings. The molecule has 1 aromatic rings. The minimum Gasteiger partial charge on any atom is -0.481 e. The fourth-order valence-electron chi connectivity index (χ4n) is 1.55. The third-order valence-electron chi connectivity index (χ3n) is 2.59. The van der Waals surface area contributed by atoms with E-state index >= 15 is 0 Å². The van der Waals surface area contributed by atoms with Crippen LogP contribution < -0.4 is 0 Å². The van der Waals surface area contributed by atoms with Gasteiger partial charge < -0.3 is 5.11 Å². The molecule has 2 nitrogen and oxygen atoms in total. The van der Waals surface area contributed by atoms with Gasteiger partial charge in [-0.25, -0.2) is 4.39 Å². The maximum atomic E-state index is 13.2. The largest absolute Gasteiger partial charge is 0.481 e. The van der Waals surface area contributed by atoms with Crippen molar-refractivity contribution in [2.24, 2.45) is 11.8 Å².